The van der Waals surface area contributed by atoms with Crippen molar-refractivity contribution >= 4 is 21.2 Å². The van der Waals surface area contributed by atoms with Gasteiger partial charge in [0.1, 0.15) is 4.90 Å². The molecule has 12 nitrogen and oxygen atoms in total. The van der Waals surface area contributed by atoms with Gasteiger partial charge in [0.25, 0.3) is 11.8 Å². The van der Waals surface area contributed by atoms with Gasteiger partial charge in [-0.15, -0.1) is 10.2 Å². The van der Waals surface area contributed by atoms with E-state index in [1.807, 2.05) is 11.8 Å². The van der Waals surface area contributed by atoms with Crippen LogP contribution in [0.25, 0.3) is 17.2 Å². The second kappa shape index (κ2) is 9.30. The number of aromatic nitrogens is 4. The fourth-order valence-corrected chi connectivity index (χ4v) is 5.69. The summed E-state index contributed by atoms with van der Waals surface area (Å²) in [6.45, 7) is 5.39. The third-order valence-electron chi connectivity index (χ3n) is 6.11. The van der Waals surface area contributed by atoms with E-state index in [0.717, 1.165) is 0 Å². The van der Waals surface area contributed by atoms with E-state index in [9.17, 15) is 17.2 Å². The van der Waals surface area contributed by atoms with Crippen LogP contribution in [0.2, 0.25) is 0 Å². The standard InChI is InChI=1S/C21H26F2N6O6S/c1-12-8-34-13(9-32-3)6-28(12)15-4-14(36(30,31)27-21(2)10-33-11-21)7-29-16(15)5-24-18(29)20-26-25-19(35-20)17(22)23/h4-5,7,12-13,17,27H,6,8-11H2,1-3H3/t12-,13+/m0/s1. The van der Waals surface area contributed by atoms with Crippen molar-refractivity contribution in [3.63, 3.8) is 0 Å². The number of imidazole rings is 1. The Hall–Kier alpha value is -2.72. The van der Waals surface area contributed by atoms with E-state index in [4.69, 9.17) is 18.6 Å². The maximum atomic E-state index is 13.4. The minimum atomic E-state index is -4.01. The van der Waals surface area contributed by atoms with E-state index in [1.165, 1.54) is 16.8 Å². The molecule has 2 fully saturated rings. The average Bonchev–Trinajstić information content (AvgIpc) is 3.46. The number of alkyl halides is 2. The van der Waals surface area contributed by atoms with Crippen LogP contribution in [0.5, 0.6) is 0 Å². The van der Waals surface area contributed by atoms with Crippen LogP contribution in [-0.2, 0) is 24.2 Å². The van der Waals surface area contributed by atoms with Gasteiger partial charge >= 0.3 is 6.43 Å². The number of anilines is 1. The van der Waals surface area contributed by atoms with Gasteiger partial charge in [-0.1, -0.05) is 0 Å². The highest BCUT2D eigenvalue weighted by molar-refractivity contribution is 7.89. The normalized spacial score (nSPS) is 22.3. The number of morpholine rings is 1. The summed E-state index contributed by atoms with van der Waals surface area (Å²) in [5.41, 5.74) is 0.362. The number of hydrogen-bond donors (Lipinski definition) is 1. The summed E-state index contributed by atoms with van der Waals surface area (Å²) in [6, 6.07) is 1.47. The zero-order chi connectivity index (χ0) is 25.7. The first-order valence-electron chi connectivity index (χ1n) is 11.2. The van der Waals surface area contributed by atoms with Crippen molar-refractivity contribution in [3.05, 3.63) is 24.4 Å². The second-order valence-electron chi connectivity index (χ2n) is 9.22. The molecule has 0 spiro atoms. The molecule has 0 radical (unpaired) electrons. The molecule has 0 amide bonds. The lowest BCUT2D eigenvalue weighted by molar-refractivity contribution is -0.0523. The number of nitrogens with one attached hydrogen (secondary N) is 1. The molecule has 3 aromatic rings. The molecule has 2 saturated heterocycles. The molecule has 196 valence electrons. The molecule has 3 aromatic heterocycles. The molecule has 1 N–H and O–H groups in total. The molecular weight excluding hydrogens is 502 g/mol. The maximum Gasteiger partial charge on any atom is 0.314 e. The highest BCUT2D eigenvalue weighted by Gasteiger charge is 2.39. The van der Waals surface area contributed by atoms with Gasteiger partial charge < -0.3 is 23.5 Å². The lowest BCUT2D eigenvalue weighted by Crippen LogP contribution is -2.59. The SMILES string of the molecule is COC[C@H]1CN(c2cc(S(=O)(=O)NC3(C)COC3)cn3c(-c4nnc(C(F)F)o4)ncc23)[C@@H](C)CO1. The number of nitrogens with zero attached hydrogens (tertiary/aromatic N) is 5. The van der Waals surface area contributed by atoms with Crippen molar-refractivity contribution in [1.82, 2.24) is 24.3 Å². The Bertz CT molecular complexity index is 1360. The molecule has 0 bridgehead atoms. The van der Waals surface area contributed by atoms with Crippen molar-refractivity contribution < 1.29 is 35.8 Å². The van der Waals surface area contributed by atoms with Crippen LogP contribution >= 0.6 is 0 Å². The van der Waals surface area contributed by atoms with Gasteiger partial charge in [0.2, 0.25) is 15.8 Å². The Kier molecular flexibility index (Phi) is 6.45. The zero-order valence-corrected chi connectivity index (χ0v) is 20.7. The lowest BCUT2D eigenvalue weighted by atomic mass is 10.0. The second-order valence-corrected chi connectivity index (χ2v) is 10.9. The third kappa shape index (κ3) is 4.56. The van der Waals surface area contributed by atoms with Crippen LogP contribution < -0.4 is 9.62 Å². The van der Waals surface area contributed by atoms with Crippen LogP contribution in [0.1, 0.15) is 26.2 Å². The molecule has 0 saturated carbocycles. The molecule has 0 aromatic carbocycles. The average molecular weight is 529 g/mol. The molecule has 36 heavy (non-hydrogen) atoms. The van der Waals surface area contributed by atoms with Gasteiger partial charge in [0, 0.05) is 25.9 Å². The summed E-state index contributed by atoms with van der Waals surface area (Å²) in [5.74, 6) is -1.07. The van der Waals surface area contributed by atoms with Crippen LogP contribution in [0.3, 0.4) is 0 Å². The van der Waals surface area contributed by atoms with Crippen LogP contribution in [0.15, 0.2) is 27.8 Å². The van der Waals surface area contributed by atoms with Gasteiger partial charge in [0.05, 0.1) is 55.5 Å². The van der Waals surface area contributed by atoms with Gasteiger partial charge in [-0.3, -0.25) is 4.40 Å². The quantitative estimate of drug-likeness (QED) is 0.460. The van der Waals surface area contributed by atoms with E-state index >= 15 is 0 Å². The molecule has 2 atom stereocenters. The predicted octanol–water partition coefficient (Wildman–Crippen LogP) is 1.63. The van der Waals surface area contributed by atoms with Gasteiger partial charge in [-0.2, -0.15) is 8.78 Å². The first kappa shape index (κ1) is 25.0. The van der Waals surface area contributed by atoms with E-state index in [1.54, 1.807) is 20.1 Å². The fourth-order valence-electron chi connectivity index (χ4n) is 4.29. The first-order chi connectivity index (χ1) is 17.1. The van der Waals surface area contributed by atoms with Gasteiger partial charge in [-0.25, -0.2) is 18.1 Å². The van der Waals surface area contributed by atoms with E-state index in [2.05, 4.69) is 19.9 Å². The smallest absolute Gasteiger partial charge is 0.314 e. The van der Waals surface area contributed by atoms with Gasteiger partial charge in [-0.05, 0) is 19.9 Å². The largest absolute Gasteiger partial charge is 0.412 e. The Balaban J connectivity index is 1.65. The zero-order valence-electron chi connectivity index (χ0n) is 19.8. The number of pyridine rings is 1. The molecule has 0 aliphatic carbocycles. The summed E-state index contributed by atoms with van der Waals surface area (Å²) in [6.07, 6.45) is -0.320. The van der Waals surface area contributed by atoms with Crippen LogP contribution in [0, 0.1) is 0 Å². The van der Waals surface area contributed by atoms with E-state index in [0.29, 0.717) is 31.0 Å². The molecule has 0 unspecified atom stereocenters. The van der Waals surface area contributed by atoms with E-state index in [-0.39, 0.29) is 42.0 Å². The number of rotatable bonds is 8. The predicted molar refractivity (Wildman–Crippen MR) is 121 cm³/mol. The number of hydrogen-bond acceptors (Lipinski definition) is 10. The highest BCUT2D eigenvalue weighted by atomic mass is 32.2. The molecule has 5 rings (SSSR count). The monoisotopic (exact) mass is 528 g/mol. The Morgan fingerprint density at radius 1 is 1.33 bits per heavy atom. The van der Waals surface area contributed by atoms with Crippen molar-refractivity contribution in [2.75, 3.05) is 45.0 Å². The Labute approximate surface area is 205 Å². The number of halogens is 2. The molecule has 15 heteroatoms. The van der Waals surface area contributed by atoms with Crippen molar-refractivity contribution in [3.8, 4) is 11.7 Å². The summed E-state index contributed by atoms with van der Waals surface area (Å²) in [4.78, 5) is 6.27. The topological polar surface area (TPSA) is 133 Å². The fraction of sp³-hybridized carbons (Fsp3) is 0.571. The summed E-state index contributed by atoms with van der Waals surface area (Å²) < 4.78 is 78.5. The third-order valence-corrected chi connectivity index (χ3v) is 7.72. The molecule has 2 aliphatic heterocycles. The Morgan fingerprint density at radius 2 is 2.11 bits per heavy atom. The minimum absolute atomic E-state index is 0.0373. The van der Waals surface area contributed by atoms with Gasteiger partial charge in [0.15, 0.2) is 0 Å². The molecule has 5 heterocycles. The van der Waals surface area contributed by atoms with Crippen molar-refractivity contribution in [2.45, 2.75) is 42.9 Å². The lowest BCUT2D eigenvalue weighted by Gasteiger charge is -2.40. The molecular formula is C21H26F2N6O6S. The Morgan fingerprint density at radius 3 is 2.75 bits per heavy atom. The molecule has 2 aliphatic rings. The minimum Gasteiger partial charge on any atom is -0.412 e. The number of methoxy groups -OCH3 is 1. The van der Waals surface area contributed by atoms with Crippen molar-refractivity contribution in [1.29, 1.82) is 0 Å². The van der Waals surface area contributed by atoms with Crippen LogP contribution in [-0.4, -0.2) is 85.8 Å². The maximum absolute atomic E-state index is 13.4. The van der Waals surface area contributed by atoms with Crippen molar-refractivity contribution in [2.24, 2.45) is 0 Å². The highest BCUT2D eigenvalue weighted by Crippen LogP contribution is 2.33. The number of ether oxygens (including phenoxy) is 3. The summed E-state index contributed by atoms with van der Waals surface area (Å²) in [7, 11) is -2.43. The summed E-state index contributed by atoms with van der Waals surface area (Å²) in [5, 5.41) is 7.05. The van der Waals surface area contributed by atoms with E-state index < -0.39 is 27.9 Å². The number of fused-ring (bicyclic) bond motifs is 1. The van der Waals surface area contributed by atoms with Crippen LogP contribution in [0.4, 0.5) is 14.5 Å². The number of sulfonamides is 1. The summed E-state index contributed by atoms with van der Waals surface area (Å²) >= 11 is 0. The first-order valence-corrected chi connectivity index (χ1v) is 12.7.